The molecule has 1 aliphatic rings. The number of hydrogen-bond donors (Lipinski definition) is 1. The molecule has 1 fully saturated rings. The Labute approximate surface area is 108 Å². The molecule has 3 unspecified atom stereocenters. The minimum atomic E-state index is 0.474. The molecule has 3 atom stereocenters. The van der Waals surface area contributed by atoms with Crippen LogP contribution in [0.4, 0.5) is 0 Å². The lowest BCUT2D eigenvalue weighted by molar-refractivity contribution is 0.189. The van der Waals surface area contributed by atoms with Gasteiger partial charge >= 0.3 is 0 Å². The lowest BCUT2D eigenvalue weighted by Crippen LogP contribution is -2.38. The molecule has 0 saturated carbocycles. The molecular formula is C15H32N2. The van der Waals surface area contributed by atoms with Crippen LogP contribution in [0.1, 0.15) is 54.4 Å². The zero-order valence-electron chi connectivity index (χ0n) is 12.7. The molecule has 1 N–H and O–H groups in total. The first-order valence-electron chi connectivity index (χ1n) is 7.32. The zero-order valence-corrected chi connectivity index (χ0v) is 12.7. The molecule has 1 heterocycles. The van der Waals surface area contributed by atoms with E-state index in [1.807, 2.05) is 0 Å². The van der Waals surface area contributed by atoms with E-state index >= 15 is 0 Å². The minimum Gasteiger partial charge on any atom is -0.314 e. The summed E-state index contributed by atoms with van der Waals surface area (Å²) in [4.78, 5) is 2.68. The van der Waals surface area contributed by atoms with Crippen molar-refractivity contribution in [1.82, 2.24) is 10.2 Å². The summed E-state index contributed by atoms with van der Waals surface area (Å²) < 4.78 is 0. The van der Waals surface area contributed by atoms with Crippen molar-refractivity contribution in [3.05, 3.63) is 0 Å². The largest absolute Gasteiger partial charge is 0.314 e. The van der Waals surface area contributed by atoms with Crippen molar-refractivity contribution < 1.29 is 0 Å². The van der Waals surface area contributed by atoms with Crippen LogP contribution in [0, 0.1) is 11.3 Å². The summed E-state index contributed by atoms with van der Waals surface area (Å²) in [5, 5.41) is 3.51. The summed E-state index contributed by atoms with van der Waals surface area (Å²) in [5.41, 5.74) is 0.474. The van der Waals surface area contributed by atoms with Crippen LogP contribution in [-0.4, -0.2) is 36.6 Å². The molecule has 0 aliphatic carbocycles. The van der Waals surface area contributed by atoms with Crippen LogP contribution in [0.25, 0.3) is 0 Å². The van der Waals surface area contributed by atoms with Crippen molar-refractivity contribution in [2.24, 2.45) is 11.3 Å². The Bertz CT molecular complexity index is 219. The number of nitrogens with zero attached hydrogens (tertiary/aromatic N) is 1. The Balaban J connectivity index is 2.37. The summed E-state index contributed by atoms with van der Waals surface area (Å²) in [5.74, 6) is 0.874. The third-order valence-electron chi connectivity index (χ3n) is 4.32. The average molecular weight is 240 g/mol. The summed E-state index contributed by atoms with van der Waals surface area (Å²) in [6.45, 7) is 17.7. The smallest absolute Gasteiger partial charge is 0.00817 e. The second-order valence-electron chi connectivity index (χ2n) is 6.89. The van der Waals surface area contributed by atoms with E-state index in [1.54, 1.807) is 0 Å². The molecule has 0 aromatic heterocycles. The fourth-order valence-electron chi connectivity index (χ4n) is 2.99. The van der Waals surface area contributed by atoms with Gasteiger partial charge in [-0.2, -0.15) is 0 Å². The van der Waals surface area contributed by atoms with E-state index in [0.717, 1.165) is 18.5 Å². The fraction of sp³-hybridized carbons (Fsp3) is 1.00. The molecule has 0 amide bonds. The third-order valence-corrected chi connectivity index (χ3v) is 4.32. The Morgan fingerprint density at radius 1 is 1.29 bits per heavy atom. The van der Waals surface area contributed by atoms with E-state index in [2.05, 4.69) is 51.8 Å². The molecule has 0 bridgehead atoms. The first-order valence-corrected chi connectivity index (χ1v) is 7.32. The van der Waals surface area contributed by atoms with E-state index in [0.29, 0.717) is 11.5 Å². The first-order chi connectivity index (χ1) is 7.84. The molecule has 102 valence electrons. The van der Waals surface area contributed by atoms with Crippen LogP contribution >= 0.6 is 0 Å². The van der Waals surface area contributed by atoms with Crippen molar-refractivity contribution in [2.45, 2.75) is 66.5 Å². The van der Waals surface area contributed by atoms with Crippen LogP contribution in [-0.2, 0) is 0 Å². The molecule has 1 saturated heterocycles. The molecule has 0 aromatic carbocycles. The fourth-order valence-corrected chi connectivity index (χ4v) is 2.99. The predicted octanol–water partition coefficient (Wildman–Crippen LogP) is 3.13. The molecule has 1 rings (SSSR count). The van der Waals surface area contributed by atoms with Crippen molar-refractivity contribution in [3.63, 3.8) is 0 Å². The highest BCUT2D eigenvalue weighted by atomic mass is 15.2. The van der Waals surface area contributed by atoms with Gasteiger partial charge < -0.3 is 10.2 Å². The third kappa shape index (κ3) is 4.59. The lowest BCUT2D eigenvalue weighted by atomic mass is 9.80. The standard InChI is InChI=1S/C15H32N2/c1-7-16-12(2)10-13(3)17-9-8-14(11-17)15(4,5)6/h12-14,16H,7-11H2,1-6H3. The molecule has 1 aliphatic heterocycles. The van der Waals surface area contributed by atoms with Gasteiger partial charge in [-0.25, -0.2) is 0 Å². The number of hydrogen-bond acceptors (Lipinski definition) is 2. The van der Waals surface area contributed by atoms with E-state index in [-0.39, 0.29) is 0 Å². The summed E-state index contributed by atoms with van der Waals surface area (Å²) in [7, 11) is 0. The van der Waals surface area contributed by atoms with Crippen molar-refractivity contribution >= 4 is 0 Å². The minimum absolute atomic E-state index is 0.474. The molecule has 2 nitrogen and oxygen atoms in total. The average Bonchev–Trinajstić information content (AvgIpc) is 2.65. The van der Waals surface area contributed by atoms with Crippen LogP contribution < -0.4 is 5.32 Å². The monoisotopic (exact) mass is 240 g/mol. The van der Waals surface area contributed by atoms with Gasteiger partial charge in [0.25, 0.3) is 0 Å². The Morgan fingerprint density at radius 2 is 1.94 bits per heavy atom. The van der Waals surface area contributed by atoms with Gasteiger partial charge in [0.15, 0.2) is 0 Å². The molecule has 17 heavy (non-hydrogen) atoms. The van der Waals surface area contributed by atoms with Gasteiger partial charge in [0.2, 0.25) is 0 Å². The topological polar surface area (TPSA) is 15.3 Å². The van der Waals surface area contributed by atoms with E-state index in [4.69, 9.17) is 0 Å². The van der Waals surface area contributed by atoms with Crippen molar-refractivity contribution in [3.8, 4) is 0 Å². The summed E-state index contributed by atoms with van der Waals surface area (Å²) in [6.07, 6.45) is 2.65. The SMILES string of the molecule is CCNC(C)CC(C)N1CCC(C(C)(C)C)C1. The Morgan fingerprint density at radius 3 is 2.41 bits per heavy atom. The second kappa shape index (κ2) is 6.19. The van der Waals surface area contributed by atoms with Gasteiger partial charge in [-0.3, -0.25) is 0 Å². The maximum absolute atomic E-state index is 3.51. The molecule has 0 aromatic rings. The quantitative estimate of drug-likeness (QED) is 0.794. The van der Waals surface area contributed by atoms with Gasteiger partial charge in [-0.1, -0.05) is 27.7 Å². The summed E-state index contributed by atoms with van der Waals surface area (Å²) in [6, 6.07) is 1.36. The normalized spacial score (nSPS) is 26.1. The van der Waals surface area contributed by atoms with Gasteiger partial charge in [-0.05, 0) is 51.1 Å². The van der Waals surface area contributed by atoms with E-state index in [1.165, 1.54) is 25.9 Å². The van der Waals surface area contributed by atoms with Crippen LogP contribution in [0.5, 0.6) is 0 Å². The number of nitrogens with one attached hydrogen (secondary N) is 1. The molecule has 0 spiro atoms. The van der Waals surface area contributed by atoms with Gasteiger partial charge in [0.05, 0.1) is 0 Å². The van der Waals surface area contributed by atoms with Gasteiger partial charge in [-0.15, -0.1) is 0 Å². The first kappa shape index (κ1) is 15.0. The van der Waals surface area contributed by atoms with Crippen LogP contribution in [0.3, 0.4) is 0 Å². The Kier molecular flexibility index (Phi) is 5.46. The molecule has 2 heteroatoms. The van der Waals surface area contributed by atoms with Crippen molar-refractivity contribution in [1.29, 1.82) is 0 Å². The van der Waals surface area contributed by atoms with Crippen LogP contribution in [0.15, 0.2) is 0 Å². The lowest BCUT2D eigenvalue weighted by Gasteiger charge is -2.30. The number of likely N-dealkylation sites (tertiary alicyclic amines) is 1. The van der Waals surface area contributed by atoms with E-state index < -0.39 is 0 Å². The second-order valence-corrected chi connectivity index (χ2v) is 6.89. The Hall–Kier alpha value is -0.0800. The van der Waals surface area contributed by atoms with Gasteiger partial charge in [0, 0.05) is 18.6 Å². The maximum atomic E-state index is 3.51. The van der Waals surface area contributed by atoms with Crippen LogP contribution in [0.2, 0.25) is 0 Å². The highest BCUT2D eigenvalue weighted by Gasteiger charge is 2.33. The van der Waals surface area contributed by atoms with E-state index in [9.17, 15) is 0 Å². The maximum Gasteiger partial charge on any atom is 0.00817 e. The highest BCUT2D eigenvalue weighted by Crippen LogP contribution is 2.34. The predicted molar refractivity (Wildman–Crippen MR) is 76.4 cm³/mol. The highest BCUT2D eigenvalue weighted by molar-refractivity contribution is 4.86. The summed E-state index contributed by atoms with van der Waals surface area (Å²) >= 11 is 0. The van der Waals surface area contributed by atoms with Crippen molar-refractivity contribution in [2.75, 3.05) is 19.6 Å². The molecule has 0 radical (unpaired) electrons. The number of rotatable bonds is 5. The van der Waals surface area contributed by atoms with Gasteiger partial charge in [0.1, 0.15) is 0 Å². The molecular weight excluding hydrogens is 208 g/mol. The zero-order chi connectivity index (χ0) is 13.1.